The molecule has 1 saturated heterocycles. The SMILES string of the molecule is C[C@H]1CCCNC1O. The molecule has 2 heteroatoms. The van der Waals surface area contributed by atoms with E-state index in [1.807, 2.05) is 0 Å². The van der Waals surface area contributed by atoms with Crippen molar-refractivity contribution in [3.63, 3.8) is 0 Å². The van der Waals surface area contributed by atoms with E-state index in [1.54, 1.807) is 0 Å². The highest BCUT2D eigenvalue weighted by molar-refractivity contribution is 4.68. The van der Waals surface area contributed by atoms with Gasteiger partial charge in [0.1, 0.15) is 6.23 Å². The summed E-state index contributed by atoms with van der Waals surface area (Å²) in [5, 5.41) is 12.1. The van der Waals surface area contributed by atoms with Crippen LogP contribution in [0.2, 0.25) is 0 Å². The van der Waals surface area contributed by atoms with Gasteiger partial charge in [-0.05, 0) is 25.3 Å². The highest BCUT2D eigenvalue weighted by atomic mass is 16.3. The Morgan fingerprint density at radius 2 is 2.38 bits per heavy atom. The topological polar surface area (TPSA) is 32.3 Å². The zero-order valence-electron chi connectivity index (χ0n) is 5.22. The van der Waals surface area contributed by atoms with Crippen LogP contribution in [0.3, 0.4) is 0 Å². The summed E-state index contributed by atoms with van der Waals surface area (Å²) in [6.07, 6.45) is 2.12. The van der Waals surface area contributed by atoms with E-state index < -0.39 is 0 Å². The minimum Gasteiger partial charge on any atom is -0.378 e. The molecule has 1 fully saturated rings. The Morgan fingerprint density at radius 1 is 1.62 bits per heavy atom. The lowest BCUT2D eigenvalue weighted by molar-refractivity contribution is 0.0586. The zero-order valence-corrected chi connectivity index (χ0v) is 5.22. The summed E-state index contributed by atoms with van der Waals surface area (Å²) < 4.78 is 0. The summed E-state index contributed by atoms with van der Waals surface area (Å²) >= 11 is 0. The third-order valence-corrected chi connectivity index (χ3v) is 1.73. The Labute approximate surface area is 49.9 Å². The zero-order chi connectivity index (χ0) is 5.98. The summed E-state index contributed by atoms with van der Waals surface area (Å²) in [6.45, 7) is 3.04. The van der Waals surface area contributed by atoms with Crippen LogP contribution < -0.4 is 5.32 Å². The second-order valence-electron chi connectivity index (χ2n) is 2.52. The van der Waals surface area contributed by atoms with E-state index in [-0.39, 0.29) is 6.23 Å². The Hall–Kier alpha value is -0.0800. The smallest absolute Gasteiger partial charge is 0.107 e. The van der Waals surface area contributed by atoms with Gasteiger partial charge in [0.2, 0.25) is 0 Å². The van der Waals surface area contributed by atoms with Gasteiger partial charge in [-0.15, -0.1) is 0 Å². The van der Waals surface area contributed by atoms with Crippen molar-refractivity contribution in [3.05, 3.63) is 0 Å². The van der Waals surface area contributed by atoms with Crippen LogP contribution in [-0.4, -0.2) is 17.9 Å². The fraction of sp³-hybridized carbons (Fsp3) is 1.00. The predicted octanol–water partition coefficient (Wildman–Crippen LogP) is 0.324. The van der Waals surface area contributed by atoms with Crippen molar-refractivity contribution in [2.75, 3.05) is 6.54 Å². The van der Waals surface area contributed by atoms with Gasteiger partial charge in [-0.1, -0.05) is 6.92 Å². The van der Waals surface area contributed by atoms with Crippen LogP contribution in [-0.2, 0) is 0 Å². The fourth-order valence-electron chi connectivity index (χ4n) is 1.03. The molecule has 0 amide bonds. The molecular weight excluding hydrogens is 102 g/mol. The largest absolute Gasteiger partial charge is 0.378 e. The van der Waals surface area contributed by atoms with Gasteiger partial charge in [0.25, 0.3) is 0 Å². The van der Waals surface area contributed by atoms with Crippen molar-refractivity contribution in [1.29, 1.82) is 0 Å². The van der Waals surface area contributed by atoms with E-state index in [9.17, 15) is 0 Å². The van der Waals surface area contributed by atoms with Gasteiger partial charge in [0.15, 0.2) is 0 Å². The van der Waals surface area contributed by atoms with Crippen LogP contribution >= 0.6 is 0 Å². The maximum Gasteiger partial charge on any atom is 0.107 e. The Balaban J connectivity index is 2.28. The molecule has 48 valence electrons. The van der Waals surface area contributed by atoms with Crippen LogP contribution in [0.5, 0.6) is 0 Å². The van der Waals surface area contributed by atoms with Gasteiger partial charge in [-0.2, -0.15) is 0 Å². The number of aliphatic hydroxyl groups excluding tert-OH is 1. The Morgan fingerprint density at radius 3 is 2.75 bits per heavy atom. The molecule has 2 N–H and O–H groups in total. The maximum absolute atomic E-state index is 9.07. The molecular formula is C6H13NO. The highest BCUT2D eigenvalue weighted by Crippen LogP contribution is 2.12. The molecule has 1 heterocycles. The van der Waals surface area contributed by atoms with Gasteiger partial charge >= 0.3 is 0 Å². The van der Waals surface area contributed by atoms with Gasteiger partial charge in [-0.25, -0.2) is 0 Å². The second kappa shape index (κ2) is 2.46. The van der Waals surface area contributed by atoms with E-state index in [0.29, 0.717) is 5.92 Å². The lowest BCUT2D eigenvalue weighted by Gasteiger charge is -2.24. The molecule has 1 rings (SSSR count). The average molecular weight is 115 g/mol. The number of hydrogen-bond donors (Lipinski definition) is 2. The summed E-state index contributed by atoms with van der Waals surface area (Å²) in [5.41, 5.74) is 0. The van der Waals surface area contributed by atoms with Crippen molar-refractivity contribution in [1.82, 2.24) is 5.32 Å². The summed E-state index contributed by atoms with van der Waals surface area (Å²) in [7, 11) is 0. The molecule has 0 bridgehead atoms. The van der Waals surface area contributed by atoms with Crippen LogP contribution in [0.15, 0.2) is 0 Å². The molecule has 0 radical (unpaired) electrons. The van der Waals surface area contributed by atoms with Gasteiger partial charge in [0.05, 0.1) is 0 Å². The quantitative estimate of drug-likeness (QED) is 0.476. The maximum atomic E-state index is 9.07. The van der Waals surface area contributed by atoms with E-state index in [0.717, 1.165) is 13.0 Å². The van der Waals surface area contributed by atoms with Gasteiger partial charge in [-0.3, -0.25) is 5.32 Å². The first-order chi connectivity index (χ1) is 3.80. The van der Waals surface area contributed by atoms with Crippen LogP contribution in [0, 0.1) is 5.92 Å². The lowest BCUT2D eigenvalue weighted by atomic mass is 10.0. The number of piperidine rings is 1. The van der Waals surface area contributed by atoms with Crippen LogP contribution in [0.1, 0.15) is 19.8 Å². The molecule has 0 spiro atoms. The Kier molecular flexibility index (Phi) is 1.86. The normalized spacial score (nSPS) is 39.8. The van der Waals surface area contributed by atoms with Crippen LogP contribution in [0.25, 0.3) is 0 Å². The van der Waals surface area contributed by atoms with E-state index >= 15 is 0 Å². The van der Waals surface area contributed by atoms with E-state index in [4.69, 9.17) is 5.11 Å². The first-order valence-electron chi connectivity index (χ1n) is 3.22. The fourth-order valence-corrected chi connectivity index (χ4v) is 1.03. The van der Waals surface area contributed by atoms with Crippen molar-refractivity contribution < 1.29 is 5.11 Å². The molecule has 0 saturated carbocycles. The molecule has 1 aliphatic rings. The average Bonchev–Trinajstić information content (AvgIpc) is 1.77. The van der Waals surface area contributed by atoms with Crippen LogP contribution in [0.4, 0.5) is 0 Å². The molecule has 0 aliphatic carbocycles. The molecule has 1 aliphatic heterocycles. The minimum absolute atomic E-state index is 0.247. The number of aliphatic hydroxyl groups is 1. The third kappa shape index (κ3) is 1.20. The Bertz CT molecular complexity index is 64.9. The van der Waals surface area contributed by atoms with Crippen molar-refractivity contribution in [3.8, 4) is 0 Å². The first kappa shape index (κ1) is 6.05. The van der Waals surface area contributed by atoms with Gasteiger partial charge in [0, 0.05) is 0 Å². The summed E-state index contributed by atoms with van der Waals surface area (Å²) in [4.78, 5) is 0. The molecule has 0 aromatic carbocycles. The number of nitrogens with one attached hydrogen (secondary N) is 1. The third-order valence-electron chi connectivity index (χ3n) is 1.73. The molecule has 0 aromatic rings. The van der Waals surface area contributed by atoms with Gasteiger partial charge < -0.3 is 5.11 Å². The molecule has 2 atom stereocenters. The van der Waals surface area contributed by atoms with E-state index in [1.165, 1.54) is 6.42 Å². The molecule has 8 heavy (non-hydrogen) atoms. The second-order valence-corrected chi connectivity index (χ2v) is 2.52. The number of hydrogen-bond acceptors (Lipinski definition) is 2. The van der Waals surface area contributed by atoms with E-state index in [2.05, 4.69) is 12.2 Å². The van der Waals surface area contributed by atoms with Crippen molar-refractivity contribution in [2.45, 2.75) is 26.0 Å². The molecule has 2 nitrogen and oxygen atoms in total. The highest BCUT2D eigenvalue weighted by Gasteiger charge is 2.16. The van der Waals surface area contributed by atoms with Crippen molar-refractivity contribution >= 4 is 0 Å². The standard InChI is InChI=1S/C6H13NO/c1-5-3-2-4-7-6(5)8/h5-8H,2-4H2,1H3/t5-,6?/m0/s1. The van der Waals surface area contributed by atoms with Crippen molar-refractivity contribution in [2.24, 2.45) is 5.92 Å². The first-order valence-corrected chi connectivity index (χ1v) is 3.22. The summed E-state index contributed by atoms with van der Waals surface area (Å²) in [6, 6.07) is 0. The number of rotatable bonds is 0. The predicted molar refractivity (Wildman–Crippen MR) is 32.4 cm³/mol. The lowest BCUT2D eigenvalue weighted by Crippen LogP contribution is -2.39. The summed E-state index contributed by atoms with van der Waals surface area (Å²) in [5.74, 6) is 0.448. The molecule has 0 aromatic heterocycles. The molecule has 1 unspecified atom stereocenters. The minimum atomic E-state index is -0.247. The monoisotopic (exact) mass is 115 g/mol.